The molecule has 2 aliphatic heterocycles. The van der Waals surface area contributed by atoms with Crippen LogP contribution in [0.25, 0.3) is 0 Å². The summed E-state index contributed by atoms with van der Waals surface area (Å²) < 4.78 is 0. The van der Waals surface area contributed by atoms with Crippen LogP contribution in [0.3, 0.4) is 0 Å². The van der Waals surface area contributed by atoms with E-state index in [1.165, 1.54) is 5.56 Å². The topological polar surface area (TPSA) is 52.7 Å². The summed E-state index contributed by atoms with van der Waals surface area (Å²) in [6, 6.07) is 7.86. The molecule has 0 aliphatic carbocycles. The molecular weight excluding hydrogens is 334 g/mol. The molecule has 1 N–H and O–H groups in total. The van der Waals surface area contributed by atoms with E-state index < -0.39 is 0 Å². The van der Waals surface area contributed by atoms with Gasteiger partial charge >= 0.3 is 0 Å². The Hall–Kier alpha value is -1.53. The average Bonchev–Trinajstić information content (AvgIpc) is 3.05. The lowest BCUT2D eigenvalue weighted by molar-refractivity contribution is -0.132. The van der Waals surface area contributed by atoms with E-state index >= 15 is 0 Å². The molecule has 2 aliphatic rings. The van der Waals surface area contributed by atoms with Crippen LogP contribution in [0.1, 0.15) is 42.1 Å². The van der Waals surface area contributed by atoms with Crippen molar-refractivity contribution in [3.05, 3.63) is 35.4 Å². The average molecular weight is 362 g/mol. The van der Waals surface area contributed by atoms with Gasteiger partial charge in [-0.15, -0.1) is 11.8 Å². The van der Waals surface area contributed by atoms with Gasteiger partial charge in [0.15, 0.2) is 0 Å². The van der Waals surface area contributed by atoms with Crippen molar-refractivity contribution in [3.8, 4) is 0 Å². The fourth-order valence-corrected chi connectivity index (χ4v) is 4.24. The summed E-state index contributed by atoms with van der Waals surface area (Å²) in [5.41, 5.74) is 1.98. The van der Waals surface area contributed by atoms with E-state index in [4.69, 9.17) is 0 Å². The van der Waals surface area contributed by atoms with Gasteiger partial charge in [-0.2, -0.15) is 0 Å². The second-order valence-corrected chi connectivity index (χ2v) is 8.05. The number of hydrogen-bond acceptors (Lipinski definition) is 4. The van der Waals surface area contributed by atoms with Crippen molar-refractivity contribution in [2.24, 2.45) is 0 Å². The first-order valence-corrected chi connectivity index (χ1v) is 10.2. The molecule has 6 heteroatoms. The summed E-state index contributed by atoms with van der Waals surface area (Å²) in [5.74, 6) is 2.41. The molecule has 1 unspecified atom stereocenters. The zero-order valence-electron chi connectivity index (χ0n) is 15.0. The van der Waals surface area contributed by atoms with Crippen molar-refractivity contribution in [1.29, 1.82) is 0 Å². The Bertz CT molecular complexity index is 612. The predicted molar refractivity (Wildman–Crippen MR) is 102 cm³/mol. The van der Waals surface area contributed by atoms with Crippen LogP contribution >= 0.6 is 11.8 Å². The fraction of sp³-hybridized carbons (Fsp3) is 0.579. The van der Waals surface area contributed by atoms with Crippen LogP contribution < -0.4 is 5.32 Å². The smallest absolute Gasteiger partial charge is 0.253 e. The molecule has 3 rings (SSSR count). The van der Waals surface area contributed by atoms with Gasteiger partial charge in [0, 0.05) is 43.4 Å². The lowest BCUT2D eigenvalue weighted by Gasteiger charge is -2.24. The van der Waals surface area contributed by atoms with Crippen molar-refractivity contribution in [2.45, 2.75) is 32.2 Å². The number of nitrogens with zero attached hydrogens (tertiary/aromatic N) is 2. The molecule has 0 spiro atoms. The first kappa shape index (κ1) is 18.3. The molecule has 25 heavy (non-hydrogen) atoms. The third-order valence-electron chi connectivity index (χ3n) is 4.93. The zero-order chi connectivity index (χ0) is 17.8. The van der Waals surface area contributed by atoms with Gasteiger partial charge in [0.1, 0.15) is 0 Å². The first-order valence-electron chi connectivity index (χ1n) is 9.05. The number of hydrogen-bond donors (Lipinski definition) is 1. The normalized spacial score (nSPS) is 21.5. The van der Waals surface area contributed by atoms with Crippen molar-refractivity contribution in [2.75, 3.05) is 37.8 Å². The minimum atomic E-state index is -0.0594. The highest BCUT2D eigenvalue weighted by Gasteiger charge is 2.29. The lowest BCUT2D eigenvalue weighted by Crippen LogP contribution is -2.46. The molecule has 1 aromatic rings. The lowest BCUT2D eigenvalue weighted by atomic mass is 10.0. The van der Waals surface area contributed by atoms with Gasteiger partial charge in [-0.3, -0.25) is 14.9 Å². The van der Waals surface area contributed by atoms with E-state index in [-0.39, 0.29) is 17.9 Å². The Labute approximate surface area is 154 Å². The van der Waals surface area contributed by atoms with Crippen molar-refractivity contribution >= 4 is 23.6 Å². The van der Waals surface area contributed by atoms with Gasteiger partial charge in [-0.1, -0.05) is 26.0 Å². The van der Waals surface area contributed by atoms with Gasteiger partial charge in [0.25, 0.3) is 5.91 Å². The highest BCUT2D eigenvalue weighted by Crippen LogP contribution is 2.17. The first-order chi connectivity index (χ1) is 12.1. The maximum Gasteiger partial charge on any atom is 0.253 e. The Kier molecular flexibility index (Phi) is 6.02. The molecule has 0 saturated carbocycles. The molecular formula is C19H27N3O2S. The molecule has 2 heterocycles. The van der Waals surface area contributed by atoms with E-state index in [2.05, 4.69) is 19.2 Å². The summed E-state index contributed by atoms with van der Waals surface area (Å²) in [6.07, 6.45) is 0.835. The highest BCUT2D eigenvalue weighted by atomic mass is 32.2. The quantitative estimate of drug-likeness (QED) is 0.896. The Morgan fingerprint density at radius 1 is 1.08 bits per heavy atom. The van der Waals surface area contributed by atoms with Gasteiger partial charge in [0.2, 0.25) is 5.91 Å². The maximum absolute atomic E-state index is 12.8. The van der Waals surface area contributed by atoms with E-state index in [0.717, 1.165) is 30.2 Å². The molecule has 0 aromatic heterocycles. The predicted octanol–water partition coefficient (Wildman–Crippen LogP) is 2.15. The van der Waals surface area contributed by atoms with Crippen LogP contribution in [-0.2, 0) is 4.79 Å². The molecule has 2 amide bonds. The summed E-state index contributed by atoms with van der Waals surface area (Å²) >= 11 is 1.76. The SMILES string of the molecule is CC(C)c1ccc(C(=O)N2CCCN(C(=O)C3CSCN3)CC2)cc1. The summed E-state index contributed by atoms with van der Waals surface area (Å²) in [6.45, 7) is 6.97. The standard InChI is InChI=1S/C19H27N3O2S/c1-14(2)15-4-6-16(7-5-15)18(23)21-8-3-9-22(11-10-21)19(24)17-12-25-13-20-17/h4-7,14,17,20H,3,8-13H2,1-2H3. The second-order valence-electron chi connectivity index (χ2n) is 7.02. The van der Waals surface area contributed by atoms with Crippen LogP contribution in [-0.4, -0.2) is 65.5 Å². The molecule has 2 fully saturated rings. The molecule has 0 bridgehead atoms. The monoisotopic (exact) mass is 361 g/mol. The molecule has 136 valence electrons. The Balaban J connectivity index is 1.60. The number of amides is 2. The van der Waals surface area contributed by atoms with E-state index in [9.17, 15) is 9.59 Å². The third-order valence-corrected chi connectivity index (χ3v) is 5.87. The minimum absolute atomic E-state index is 0.0594. The van der Waals surface area contributed by atoms with E-state index in [0.29, 0.717) is 25.6 Å². The van der Waals surface area contributed by atoms with Crippen LogP contribution in [0.5, 0.6) is 0 Å². The van der Waals surface area contributed by atoms with Gasteiger partial charge < -0.3 is 9.80 Å². The maximum atomic E-state index is 12.8. The second kappa shape index (κ2) is 8.23. The zero-order valence-corrected chi connectivity index (χ0v) is 15.8. The number of benzene rings is 1. The molecule has 5 nitrogen and oxygen atoms in total. The highest BCUT2D eigenvalue weighted by molar-refractivity contribution is 7.99. The van der Waals surface area contributed by atoms with Gasteiger partial charge in [-0.05, 0) is 30.0 Å². The number of thioether (sulfide) groups is 1. The molecule has 1 atom stereocenters. The third kappa shape index (κ3) is 4.36. The molecule has 0 radical (unpaired) electrons. The number of rotatable bonds is 3. The van der Waals surface area contributed by atoms with Crippen LogP contribution in [0, 0.1) is 0 Å². The van der Waals surface area contributed by atoms with Crippen LogP contribution in [0.15, 0.2) is 24.3 Å². The van der Waals surface area contributed by atoms with Crippen molar-refractivity contribution < 1.29 is 9.59 Å². The number of carbonyl (C=O) groups excluding carboxylic acids is 2. The molecule has 2 saturated heterocycles. The summed E-state index contributed by atoms with van der Waals surface area (Å²) in [5, 5.41) is 3.24. The minimum Gasteiger partial charge on any atom is -0.339 e. The van der Waals surface area contributed by atoms with Gasteiger partial charge in [-0.25, -0.2) is 0 Å². The van der Waals surface area contributed by atoms with Crippen molar-refractivity contribution in [3.63, 3.8) is 0 Å². The Morgan fingerprint density at radius 3 is 2.40 bits per heavy atom. The largest absolute Gasteiger partial charge is 0.339 e. The Morgan fingerprint density at radius 2 is 1.76 bits per heavy atom. The summed E-state index contributed by atoms with van der Waals surface area (Å²) in [4.78, 5) is 29.1. The van der Waals surface area contributed by atoms with Crippen molar-refractivity contribution in [1.82, 2.24) is 15.1 Å². The number of carbonyl (C=O) groups is 2. The van der Waals surface area contributed by atoms with E-state index in [1.807, 2.05) is 34.1 Å². The van der Waals surface area contributed by atoms with Crippen LogP contribution in [0.2, 0.25) is 0 Å². The van der Waals surface area contributed by atoms with Crippen LogP contribution in [0.4, 0.5) is 0 Å². The van der Waals surface area contributed by atoms with E-state index in [1.54, 1.807) is 11.8 Å². The molecule has 1 aromatic carbocycles. The summed E-state index contributed by atoms with van der Waals surface area (Å²) in [7, 11) is 0. The van der Waals surface area contributed by atoms with Gasteiger partial charge in [0.05, 0.1) is 6.04 Å². The number of nitrogens with one attached hydrogen (secondary N) is 1. The fourth-order valence-electron chi connectivity index (χ4n) is 3.31.